The molecule has 0 bridgehead atoms. The van der Waals surface area contributed by atoms with Gasteiger partial charge < -0.3 is 0 Å². The highest BCUT2D eigenvalue weighted by atomic mass is 35.5. The first-order valence-corrected chi connectivity index (χ1v) is 4.94. The summed E-state index contributed by atoms with van der Waals surface area (Å²) in [5.41, 5.74) is 3.18. The Morgan fingerprint density at radius 3 is 2.67 bits per heavy atom. The fourth-order valence-electron chi connectivity index (χ4n) is 1.89. The maximum absolute atomic E-state index is 11.9. The van der Waals surface area contributed by atoms with Gasteiger partial charge in [-0.05, 0) is 29.8 Å². The van der Waals surface area contributed by atoms with Gasteiger partial charge in [0.15, 0.2) is 5.78 Å². The number of pyridine rings is 1. The van der Waals surface area contributed by atoms with Crippen LogP contribution in [0.15, 0.2) is 36.7 Å². The zero-order chi connectivity index (χ0) is 10.4. The fourth-order valence-corrected chi connectivity index (χ4v) is 2.06. The SMILES string of the molecule is O=C1c2ccncc2-c2cc(Cl)ccc21. The van der Waals surface area contributed by atoms with Gasteiger partial charge in [0.25, 0.3) is 0 Å². The summed E-state index contributed by atoms with van der Waals surface area (Å²) in [5, 5.41) is 0.637. The Morgan fingerprint density at radius 1 is 1.00 bits per heavy atom. The minimum absolute atomic E-state index is 0.0547. The summed E-state index contributed by atoms with van der Waals surface area (Å²) in [6.07, 6.45) is 3.33. The molecule has 1 heterocycles. The second-order valence-electron chi connectivity index (χ2n) is 3.44. The molecule has 0 amide bonds. The Morgan fingerprint density at radius 2 is 1.80 bits per heavy atom. The molecule has 0 spiro atoms. The largest absolute Gasteiger partial charge is 0.289 e. The summed E-state index contributed by atoms with van der Waals surface area (Å²) in [5.74, 6) is 0.0547. The molecule has 3 rings (SSSR count). The first-order chi connectivity index (χ1) is 7.27. The molecule has 1 aromatic carbocycles. The van der Waals surface area contributed by atoms with Gasteiger partial charge in [0.2, 0.25) is 0 Å². The summed E-state index contributed by atoms with van der Waals surface area (Å²) in [6, 6.07) is 7.05. The Labute approximate surface area is 91.5 Å². The van der Waals surface area contributed by atoms with Gasteiger partial charge >= 0.3 is 0 Å². The monoisotopic (exact) mass is 215 g/mol. The lowest BCUT2D eigenvalue weighted by atomic mass is 10.1. The zero-order valence-corrected chi connectivity index (χ0v) is 8.45. The smallest absolute Gasteiger partial charge is 0.194 e. The van der Waals surface area contributed by atoms with E-state index in [0.29, 0.717) is 16.1 Å². The molecular weight excluding hydrogens is 210 g/mol. The molecule has 0 N–H and O–H groups in total. The van der Waals surface area contributed by atoms with E-state index in [9.17, 15) is 4.79 Å². The van der Waals surface area contributed by atoms with Gasteiger partial charge in [-0.3, -0.25) is 9.78 Å². The number of aromatic nitrogens is 1. The van der Waals surface area contributed by atoms with E-state index >= 15 is 0 Å². The summed E-state index contributed by atoms with van der Waals surface area (Å²) < 4.78 is 0. The first kappa shape index (κ1) is 8.62. The minimum atomic E-state index is 0.0547. The van der Waals surface area contributed by atoms with Crippen LogP contribution in [0.1, 0.15) is 15.9 Å². The van der Waals surface area contributed by atoms with Gasteiger partial charge in [-0.2, -0.15) is 0 Å². The molecule has 1 aliphatic carbocycles. The predicted octanol–water partition coefficient (Wildman–Crippen LogP) is 2.95. The van der Waals surface area contributed by atoms with Crippen molar-refractivity contribution < 1.29 is 4.79 Å². The summed E-state index contributed by atoms with van der Waals surface area (Å²) in [4.78, 5) is 16.0. The molecule has 2 nitrogen and oxygen atoms in total. The quantitative estimate of drug-likeness (QED) is 0.577. The van der Waals surface area contributed by atoms with Crippen molar-refractivity contribution in [2.24, 2.45) is 0 Å². The van der Waals surface area contributed by atoms with Gasteiger partial charge in [0.1, 0.15) is 0 Å². The van der Waals surface area contributed by atoms with Crippen molar-refractivity contribution in [3.05, 3.63) is 52.8 Å². The molecule has 1 aromatic heterocycles. The van der Waals surface area contributed by atoms with E-state index in [2.05, 4.69) is 4.98 Å². The highest BCUT2D eigenvalue weighted by Crippen LogP contribution is 2.36. The van der Waals surface area contributed by atoms with Gasteiger partial charge in [0.05, 0.1) is 0 Å². The Balaban J connectivity index is 2.39. The third-order valence-electron chi connectivity index (χ3n) is 2.58. The molecule has 0 fully saturated rings. The molecular formula is C12H6ClNO. The second-order valence-corrected chi connectivity index (χ2v) is 3.88. The maximum Gasteiger partial charge on any atom is 0.194 e. The van der Waals surface area contributed by atoms with Crippen molar-refractivity contribution in [1.29, 1.82) is 0 Å². The molecule has 72 valence electrons. The van der Waals surface area contributed by atoms with Crippen molar-refractivity contribution >= 4 is 17.4 Å². The van der Waals surface area contributed by atoms with Crippen molar-refractivity contribution in [2.75, 3.05) is 0 Å². The molecule has 0 atom stereocenters. The summed E-state index contributed by atoms with van der Waals surface area (Å²) in [7, 11) is 0. The van der Waals surface area contributed by atoms with Crippen LogP contribution in [0.4, 0.5) is 0 Å². The third kappa shape index (κ3) is 1.12. The van der Waals surface area contributed by atoms with Crippen molar-refractivity contribution in [3.63, 3.8) is 0 Å². The average Bonchev–Trinajstić information content (AvgIpc) is 2.54. The Kier molecular flexibility index (Phi) is 1.67. The molecule has 0 saturated heterocycles. The van der Waals surface area contributed by atoms with Crippen LogP contribution in [0, 0.1) is 0 Å². The number of halogens is 1. The zero-order valence-electron chi connectivity index (χ0n) is 7.70. The molecule has 2 aromatic rings. The Hall–Kier alpha value is -1.67. The third-order valence-corrected chi connectivity index (χ3v) is 2.82. The first-order valence-electron chi connectivity index (χ1n) is 4.56. The molecule has 0 unspecified atom stereocenters. The lowest BCUT2D eigenvalue weighted by Gasteiger charge is -1.98. The fraction of sp³-hybridized carbons (Fsp3) is 0. The molecule has 15 heavy (non-hydrogen) atoms. The number of ketones is 1. The van der Waals surface area contributed by atoms with E-state index in [0.717, 1.165) is 11.1 Å². The summed E-state index contributed by atoms with van der Waals surface area (Å²) in [6.45, 7) is 0. The molecule has 0 saturated carbocycles. The average molecular weight is 216 g/mol. The number of carbonyl (C=O) groups excluding carboxylic acids is 1. The van der Waals surface area contributed by atoms with Gasteiger partial charge in [0, 0.05) is 34.1 Å². The number of fused-ring (bicyclic) bond motifs is 3. The van der Waals surface area contributed by atoms with E-state index in [1.54, 1.807) is 30.6 Å². The van der Waals surface area contributed by atoms with Crippen LogP contribution >= 0.6 is 11.6 Å². The lowest BCUT2D eigenvalue weighted by Crippen LogP contribution is -1.94. The van der Waals surface area contributed by atoms with E-state index < -0.39 is 0 Å². The van der Waals surface area contributed by atoms with Crippen LogP contribution in [-0.4, -0.2) is 10.8 Å². The topological polar surface area (TPSA) is 30.0 Å². The Bertz CT molecular complexity index is 578. The standard InChI is InChI=1S/C12H6ClNO/c13-7-1-2-8-10(5-7)11-6-14-4-3-9(11)12(8)15/h1-6H. The summed E-state index contributed by atoms with van der Waals surface area (Å²) >= 11 is 5.91. The molecule has 1 aliphatic rings. The number of hydrogen-bond acceptors (Lipinski definition) is 2. The number of rotatable bonds is 0. The van der Waals surface area contributed by atoms with E-state index in [1.165, 1.54) is 0 Å². The van der Waals surface area contributed by atoms with Crippen LogP contribution in [0.2, 0.25) is 5.02 Å². The van der Waals surface area contributed by atoms with Gasteiger partial charge in [-0.25, -0.2) is 0 Å². The van der Waals surface area contributed by atoms with Crippen LogP contribution in [0.25, 0.3) is 11.1 Å². The molecule has 0 radical (unpaired) electrons. The lowest BCUT2D eigenvalue weighted by molar-refractivity contribution is 0.104. The van der Waals surface area contributed by atoms with Crippen LogP contribution in [-0.2, 0) is 0 Å². The number of benzene rings is 1. The van der Waals surface area contributed by atoms with Crippen LogP contribution in [0.3, 0.4) is 0 Å². The highest BCUT2D eigenvalue weighted by molar-refractivity contribution is 6.32. The van der Waals surface area contributed by atoms with Crippen molar-refractivity contribution in [1.82, 2.24) is 4.98 Å². The minimum Gasteiger partial charge on any atom is -0.289 e. The van der Waals surface area contributed by atoms with Crippen LogP contribution < -0.4 is 0 Å². The van der Waals surface area contributed by atoms with Crippen molar-refractivity contribution in [3.8, 4) is 11.1 Å². The van der Waals surface area contributed by atoms with Gasteiger partial charge in [-0.1, -0.05) is 11.6 Å². The second kappa shape index (κ2) is 2.91. The number of carbonyl (C=O) groups is 1. The number of hydrogen-bond donors (Lipinski definition) is 0. The molecule has 0 aliphatic heterocycles. The normalized spacial score (nSPS) is 12.5. The van der Waals surface area contributed by atoms with E-state index in [4.69, 9.17) is 11.6 Å². The number of nitrogens with zero attached hydrogens (tertiary/aromatic N) is 1. The molecule has 3 heteroatoms. The highest BCUT2D eigenvalue weighted by Gasteiger charge is 2.26. The van der Waals surface area contributed by atoms with E-state index in [-0.39, 0.29) is 5.78 Å². The van der Waals surface area contributed by atoms with Gasteiger partial charge in [-0.15, -0.1) is 0 Å². The van der Waals surface area contributed by atoms with Crippen LogP contribution in [0.5, 0.6) is 0 Å². The maximum atomic E-state index is 11.9. The van der Waals surface area contributed by atoms with E-state index in [1.807, 2.05) is 6.07 Å². The predicted molar refractivity (Wildman–Crippen MR) is 58.1 cm³/mol. The van der Waals surface area contributed by atoms with Crippen molar-refractivity contribution in [2.45, 2.75) is 0 Å².